The van der Waals surface area contributed by atoms with Crippen LogP contribution in [0.2, 0.25) is 19.6 Å². The van der Waals surface area contributed by atoms with Crippen molar-refractivity contribution in [2.24, 2.45) is 27.3 Å². The van der Waals surface area contributed by atoms with Gasteiger partial charge in [-0.1, -0.05) is 167 Å². The van der Waals surface area contributed by atoms with E-state index in [0.717, 1.165) is 83.4 Å². The summed E-state index contributed by atoms with van der Waals surface area (Å²) in [5.41, 5.74) is 12.4. The van der Waals surface area contributed by atoms with Crippen LogP contribution in [0.3, 0.4) is 0 Å². The van der Waals surface area contributed by atoms with Crippen molar-refractivity contribution in [1.29, 1.82) is 0 Å². The minimum Gasteiger partial charge on any atom is -1.00 e. The number of carbonyl (C=O) groups is 3. The van der Waals surface area contributed by atoms with E-state index in [1.54, 1.807) is 126 Å². The van der Waals surface area contributed by atoms with E-state index in [1.807, 2.05) is 159 Å². The molecular formula is C93H147BrF2MgN8O12S3SiTi. The number of aliphatic hydroxyl groups excluding tert-OH is 4. The number of rotatable bonds is 22. The summed E-state index contributed by atoms with van der Waals surface area (Å²) in [7, 11) is -3.17. The molecule has 0 saturated heterocycles. The number of benzene rings is 6. The van der Waals surface area contributed by atoms with Crippen molar-refractivity contribution < 1.29 is 89.2 Å². The first-order valence-corrected chi connectivity index (χ1v) is 48.0. The first-order valence-electron chi connectivity index (χ1n) is 41.1. The number of anilines is 2. The molecule has 3 fully saturated rings. The number of aromatic nitrogens is 2. The average molecular weight is 1880 g/mol. The molecule has 3 aliphatic carbocycles. The summed E-state index contributed by atoms with van der Waals surface area (Å²) in [6.45, 7) is 45.0. The number of nitrogen functional groups attached to an aromatic ring is 1. The maximum Gasteiger partial charge on any atom is 2.00 e. The zero-order valence-electron chi connectivity index (χ0n) is 78.4. The van der Waals surface area contributed by atoms with E-state index < -0.39 is 75.0 Å². The SMILES string of the molecule is Br.CC(C)(C)S(=O)N=C(CCC1CC1)c1ccccc1.CC(C)(C)S(=O)NC(CCC1CC1)(c1ccccc1)c1ccc(F)c(N)c1.CC(C)(C)S(N)=O.CC(C)O.CC(C)O.CC(C)O.CC(C)O.CN(c1c[c-]ccc1F)[Si](C)(C)C.Cc1cc(C(=O)O)n(-c2cccc(CNC(=O)OC(C)(C)C)c2)n1.O=C(CCC1CC1)c1ccccc1.[H-].[Mg+2].[Ti]. The molecule has 4 unspecified atom stereocenters. The number of hydrogen-bond donors (Lipinski definition) is 9. The number of amides is 1. The molecule has 0 radical (unpaired) electrons. The van der Waals surface area contributed by atoms with E-state index in [4.69, 9.17) is 36.0 Å². The number of nitrogens with zero attached hydrogens (tertiary/aromatic N) is 4. The van der Waals surface area contributed by atoms with Crippen molar-refractivity contribution >= 4 is 116 Å². The minimum atomic E-state index is -1.46. The van der Waals surface area contributed by atoms with Crippen LogP contribution in [0.1, 0.15) is 266 Å². The number of nitrogens with two attached hydrogens (primary N) is 2. The number of hydrogen-bond acceptors (Lipinski definition) is 14. The van der Waals surface area contributed by atoms with Crippen LogP contribution in [0, 0.1) is 42.4 Å². The summed E-state index contributed by atoms with van der Waals surface area (Å²) in [6.07, 6.45) is 12.5. The Morgan fingerprint density at radius 2 is 1.09 bits per heavy atom. The van der Waals surface area contributed by atoms with E-state index in [9.17, 15) is 40.9 Å². The molecule has 1 heterocycles. The zero-order valence-corrected chi connectivity index (χ0v) is 85.5. The van der Waals surface area contributed by atoms with Gasteiger partial charge in [-0.05, 0) is 261 Å². The Hall–Kier alpha value is -5.54. The Kier molecular flexibility index (Phi) is 58.8. The van der Waals surface area contributed by atoms with E-state index >= 15 is 0 Å². The Labute approximate surface area is 782 Å². The Morgan fingerprint density at radius 1 is 0.639 bits per heavy atom. The van der Waals surface area contributed by atoms with Gasteiger partial charge in [-0.25, -0.2) is 40.4 Å². The number of halogens is 3. The first kappa shape index (κ1) is 121. The number of ether oxygens (including phenoxy) is 1. The van der Waals surface area contributed by atoms with Crippen molar-refractivity contribution in [3.8, 4) is 5.69 Å². The first-order chi connectivity index (χ1) is 55.0. The van der Waals surface area contributed by atoms with Gasteiger partial charge in [0.05, 0.1) is 64.5 Å². The largest absolute Gasteiger partial charge is 2.00 e. The van der Waals surface area contributed by atoms with Crippen LogP contribution >= 0.6 is 17.0 Å². The standard InChI is InChI=1S/C22H29FN2OS.C17H21N3O4.C16H23NOS.C12H14O.C10H15FNSi.C4H11NOS.4C3H8O.BrH.Mg.Ti.H/c1-21(2,3)27(26)25-22(14-13-16-9-10-16,17-7-5-4-6-8-17)18-11-12-19(23)20(24)15-18;1-11-8-14(15(21)22)20(19-11)13-7-5-6-12(9-13)10-18-16(23)24-17(2,3)4;1-16(2,3)19(18)17-15(12-11-13-9-10-13)14-7-5-4-6-8-14;13-12(9-8-10-6-7-10)11-4-2-1-3-5-11;1-12(13(2,3)4)10-8-6-5-7-9(10)11;1-4(2,3)7(5)6;4*1-3(2)4;;;;/h4-8,11-12,15-16,25H,9-10,13-14,24H2,1-3H3;5-9H,10H2,1-4H3,(H,18,23)(H,21,22);4-8,13H,9-12H2,1-3H3;1-5,10H,6-9H2;5,7-8H,1-4H3;5H2,1-3H3;4*3-4H,1-2H3;1H;;;/q;;;;-1;;;;;;;+2;;-1. The predicted octanol–water partition coefficient (Wildman–Crippen LogP) is 20.1. The maximum absolute atomic E-state index is 13.9. The van der Waals surface area contributed by atoms with Crippen LogP contribution < -0.4 is 25.5 Å². The fourth-order valence-corrected chi connectivity index (χ4v) is 12.3. The minimum absolute atomic E-state index is 0. The number of carboxylic acid groups (broad SMARTS) is 1. The second-order valence-corrected chi connectivity index (χ2v) is 46.5. The summed E-state index contributed by atoms with van der Waals surface area (Å²) in [6, 6.07) is 50.9. The van der Waals surface area contributed by atoms with Crippen molar-refractivity contribution in [1.82, 2.24) is 19.8 Å². The molecule has 1 aromatic heterocycles. The average Bonchev–Trinajstić information content (AvgIpc) is 1.53. The third-order valence-corrected chi connectivity index (χ3v) is 23.4. The smallest absolute Gasteiger partial charge is 1.00 e. The van der Waals surface area contributed by atoms with Crippen LogP contribution in [-0.2, 0) is 71.5 Å². The predicted molar refractivity (Wildman–Crippen MR) is 511 cm³/mol. The van der Waals surface area contributed by atoms with Crippen molar-refractivity contribution in [3.05, 3.63) is 215 Å². The number of aromatic carboxylic acids is 1. The normalized spacial score (nSPS) is 14.1. The van der Waals surface area contributed by atoms with Gasteiger partial charge in [0, 0.05) is 70.5 Å². The van der Waals surface area contributed by atoms with Crippen molar-refractivity contribution in [3.63, 3.8) is 0 Å². The molecule has 10 rings (SSSR count). The molecule has 680 valence electrons. The third-order valence-electron chi connectivity index (χ3n) is 16.9. The van der Waals surface area contributed by atoms with Crippen molar-refractivity contribution in [2.45, 2.75) is 298 Å². The summed E-state index contributed by atoms with van der Waals surface area (Å²) in [5.74, 6) is 1.10. The van der Waals surface area contributed by atoms with Crippen molar-refractivity contribution in [2.75, 3.05) is 17.3 Å². The Bertz CT molecular complexity index is 4180. The number of carbonyl (C=O) groups excluding carboxylic acids is 2. The molecule has 0 aliphatic heterocycles. The zero-order chi connectivity index (χ0) is 91.0. The fraction of sp³-hybridized carbons (Fsp3) is 0.538. The molecule has 1 amide bonds. The second kappa shape index (κ2) is 59.5. The van der Waals surface area contributed by atoms with Crippen LogP contribution in [-0.4, -0.2) is 154 Å². The van der Waals surface area contributed by atoms with Gasteiger partial charge in [-0.15, -0.1) is 23.0 Å². The molecule has 0 spiro atoms. The van der Waals surface area contributed by atoms with Gasteiger partial charge < -0.3 is 47.3 Å². The summed E-state index contributed by atoms with van der Waals surface area (Å²) in [4.78, 5) is 34.6. The van der Waals surface area contributed by atoms with E-state index in [2.05, 4.69) is 57.4 Å². The van der Waals surface area contributed by atoms with E-state index in [0.29, 0.717) is 22.9 Å². The number of aliphatic hydroxyl groups is 4. The molecule has 0 bridgehead atoms. The number of carboxylic acids is 1. The fourth-order valence-electron chi connectivity index (χ4n) is 9.82. The van der Waals surface area contributed by atoms with Crippen LogP contribution in [0.15, 0.2) is 162 Å². The maximum atomic E-state index is 13.9. The van der Waals surface area contributed by atoms with E-state index in [-0.39, 0.29) is 121 Å². The van der Waals surface area contributed by atoms with Crippen LogP contribution in [0.25, 0.3) is 5.69 Å². The van der Waals surface area contributed by atoms with E-state index in [1.165, 1.54) is 67.8 Å². The monoisotopic (exact) mass is 1880 g/mol. The molecular weight excluding hydrogens is 1740 g/mol. The van der Waals surface area contributed by atoms with Gasteiger partial charge in [0.15, 0.2) is 11.5 Å². The van der Waals surface area contributed by atoms with Gasteiger partial charge in [0.25, 0.3) is 0 Å². The Morgan fingerprint density at radius 3 is 1.50 bits per heavy atom. The van der Waals surface area contributed by atoms with Gasteiger partial charge in [-0.2, -0.15) is 27.7 Å². The molecule has 6 aromatic carbocycles. The summed E-state index contributed by atoms with van der Waals surface area (Å²) in [5, 5.41) is 53.4. The molecule has 3 saturated carbocycles. The number of ketones is 1. The molecule has 3 aliphatic rings. The quantitative estimate of drug-likeness (QED) is 0.0100. The number of aryl methyl sites for hydroxylation is 1. The topological polar surface area (TPSA) is 322 Å². The third kappa shape index (κ3) is 54.5. The van der Waals surface area contributed by atoms with Gasteiger partial charge >= 0.3 is 35.1 Å². The summed E-state index contributed by atoms with van der Waals surface area (Å²) >= 11 is 0. The number of alkyl carbamates (subject to hydrolysis) is 1. The van der Waals surface area contributed by atoms with Gasteiger partial charge in [0.1, 0.15) is 30.6 Å². The molecule has 122 heavy (non-hydrogen) atoms. The second-order valence-electron chi connectivity index (χ2n) is 35.8. The van der Waals surface area contributed by atoms with Crippen LogP contribution in [0.4, 0.5) is 25.0 Å². The molecule has 29 heteroatoms. The Balaban J connectivity index is -0.000000681. The number of Topliss-reactive ketones (excluding diaryl/α,β-unsaturated/α-hetero) is 1. The number of nitrogens with one attached hydrogen (secondary N) is 2. The molecule has 4 atom stereocenters. The molecule has 20 nitrogen and oxygen atoms in total. The van der Waals surface area contributed by atoms with Gasteiger partial charge in [-0.3, -0.25) is 9.93 Å². The van der Waals surface area contributed by atoms with Gasteiger partial charge in [0.2, 0.25) is 0 Å². The molecule has 11 N–H and O–H groups in total. The summed E-state index contributed by atoms with van der Waals surface area (Å²) < 4.78 is 78.5. The van der Waals surface area contributed by atoms with Crippen LogP contribution in [0.5, 0.6) is 0 Å². The molecule has 7 aromatic rings.